The highest BCUT2D eigenvalue weighted by atomic mass is 19.3. The van der Waals surface area contributed by atoms with Crippen LogP contribution in [0.5, 0.6) is 0 Å². The van der Waals surface area contributed by atoms with E-state index in [1.165, 1.54) is 0 Å². The Morgan fingerprint density at radius 1 is 0.857 bits per heavy atom. The smallest absolute Gasteiger partial charge is 0.317 e. The molecule has 0 aromatic carbocycles. The molecule has 0 amide bonds. The van der Waals surface area contributed by atoms with E-state index in [0.29, 0.717) is 0 Å². The predicted octanol–water partition coefficient (Wildman–Crippen LogP) is -1.63. The fourth-order valence-corrected chi connectivity index (χ4v) is 0.694. The first kappa shape index (κ1) is 24.0. The Bertz CT molecular complexity index is 292. The zero-order valence-corrected chi connectivity index (χ0v) is 9.90. The second-order valence-electron chi connectivity index (χ2n) is 3.12. The molecule has 0 heterocycles. The number of nitrogens with zero attached hydrogens (tertiary/aromatic N) is 2. The summed E-state index contributed by atoms with van der Waals surface area (Å²) in [5.41, 5.74) is 4.68. The van der Waals surface area contributed by atoms with Crippen LogP contribution in [-0.2, 0) is 0 Å². The van der Waals surface area contributed by atoms with Crippen molar-refractivity contribution < 1.29 is 48.4 Å². The first-order valence-electron chi connectivity index (χ1n) is 4.30. The van der Waals surface area contributed by atoms with Crippen molar-refractivity contribution in [3.8, 4) is 0 Å². The molecule has 0 radical (unpaired) electrons. The SMILES string of the molecule is NC(F)(F)C(CO)(CO)C(N)(F)F.O=[N+]([O-])O.O=[N+]([O-])O. The molecule has 16 heteroatoms. The van der Waals surface area contributed by atoms with Crippen LogP contribution in [0.1, 0.15) is 0 Å². The van der Waals surface area contributed by atoms with Crippen molar-refractivity contribution in [1.29, 1.82) is 0 Å². The molecule has 0 fully saturated rings. The first-order valence-corrected chi connectivity index (χ1v) is 4.30. The van der Waals surface area contributed by atoms with Gasteiger partial charge in [0.25, 0.3) is 10.2 Å². The van der Waals surface area contributed by atoms with Crippen molar-refractivity contribution in [1.82, 2.24) is 0 Å². The van der Waals surface area contributed by atoms with Crippen molar-refractivity contribution in [3.05, 3.63) is 20.2 Å². The van der Waals surface area contributed by atoms with E-state index >= 15 is 0 Å². The fraction of sp³-hybridized carbons (Fsp3) is 1.00. The summed E-state index contributed by atoms with van der Waals surface area (Å²) in [4.78, 5) is 16.7. The van der Waals surface area contributed by atoms with Crippen LogP contribution < -0.4 is 11.5 Å². The van der Waals surface area contributed by atoms with E-state index in [9.17, 15) is 17.6 Å². The van der Waals surface area contributed by atoms with Gasteiger partial charge < -0.3 is 20.6 Å². The van der Waals surface area contributed by atoms with Gasteiger partial charge in [-0.3, -0.25) is 11.5 Å². The minimum absolute atomic E-state index is 1.50. The molecule has 21 heavy (non-hydrogen) atoms. The molecule has 0 spiro atoms. The van der Waals surface area contributed by atoms with Crippen LogP contribution in [0.2, 0.25) is 0 Å². The van der Waals surface area contributed by atoms with Crippen molar-refractivity contribution >= 4 is 0 Å². The molecule has 0 aliphatic carbocycles. The quantitative estimate of drug-likeness (QED) is 0.149. The van der Waals surface area contributed by atoms with Crippen LogP contribution in [0, 0.1) is 25.6 Å². The summed E-state index contributed by atoms with van der Waals surface area (Å²) in [6, 6.07) is -8.95. The fourth-order valence-electron chi connectivity index (χ4n) is 0.694. The monoisotopic (exact) mass is 332 g/mol. The average Bonchev–Trinajstić information content (AvgIpc) is 2.13. The van der Waals surface area contributed by atoms with Crippen LogP contribution in [0.15, 0.2) is 0 Å². The molecule has 0 atom stereocenters. The second kappa shape index (κ2) is 9.00. The standard InChI is InChI=1S/C5H10F4N2O2.2HNO3/c6-4(7,10)3(1-12,2-13)5(8,9)11;2*2-1(3)4/h12-13H,1-2,10-11H2;2*(H,2,3,4). The van der Waals surface area contributed by atoms with Crippen molar-refractivity contribution in [2.75, 3.05) is 13.2 Å². The van der Waals surface area contributed by atoms with Crippen molar-refractivity contribution in [2.24, 2.45) is 16.9 Å². The zero-order valence-electron chi connectivity index (χ0n) is 9.90. The van der Waals surface area contributed by atoms with Crippen LogP contribution >= 0.6 is 0 Å². The Balaban J connectivity index is -0.000000334. The third-order valence-corrected chi connectivity index (χ3v) is 1.82. The normalized spacial score (nSPS) is 11.4. The number of nitrogens with two attached hydrogens (primary N) is 2. The highest BCUT2D eigenvalue weighted by Crippen LogP contribution is 2.42. The summed E-state index contributed by atoms with van der Waals surface area (Å²) in [5.74, 6) is 0. The minimum Gasteiger partial charge on any atom is -0.395 e. The highest BCUT2D eigenvalue weighted by Gasteiger charge is 2.64. The van der Waals surface area contributed by atoms with E-state index in [-0.39, 0.29) is 0 Å². The van der Waals surface area contributed by atoms with Gasteiger partial charge in [-0.1, -0.05) is 0 Å². The van der Waals surface area contributed by atoms with Crippen LogP contribution in [0.4, 0.5) is 17.6 Å². The second-order valence-corrected chi connectivity index (χ2v) is 3.12. The summed E-state index contributed by atoms with van der Waals surface area (Å²) in [6.45, 7) is -3.45. The summed E-state index contributed by atoms with van der Waals surface area (Å²) in [5, 5.41) is 44.0. The maximum absolute atomic E-state index is 12.4. The number of aliphatic hydroxyl groups is 2. The number of alkyl halides is 4. The Labute approximate surface area is 112 Å². The van der Waals surface area contributed by atoms with Crippen molar-refractivity contribution in [2.45, 2.75) is 12.1 Å². The Hall–Kier alpha value is -2.04. The van der Waals surface area contributed by atoms with E-state index in [2.05, 4.69) is 11.5 Å². The molecule has 0 aliphatic heterocycles. The van der Waals surface area contributed by atoms with E-state index in [0.717, 1.165) is 0 Å². The molecule has 8 N–H and O–H groups in total. The number of rotatable bonds is 4. The third kappa shape index (κ3) is 9.49. The lowest BCUT2D eigenvalue weighted by Crippen LogP contribution is -2.66. The molecule has 0 rings (SSSR count). The van der Waals surface area contributed by atoms with Gasteiger partial charge in [-0.25, -0.2) is 0 Å². The molecule has 0 unspecified atom stereocenters. The summed E-state index contributed by atoms with van der Waals surface area (Å²) >= 11 is 0. The molecule has 12 nitrogen and oxygen atoms in total. The topological polar surface area (TPSA) is 219 Å². The number of hydrogen-bond donors (Lipinski definition) is 6. The zero-order chi connectivity index (χ0) is 18.1. The van der Waals surface area contributed by atoms with E-state index < -0.39 is 40.9 Å². The molecule has 0 aliphatic rings. The largest absolute Gasteiger partial charge is 0.395 e. The van der Waals surface area contributed by atoms with E-state index in [1.54, 1.807) is 0 Å². The summed E-state index contributed by atoms with van der Waals surface area (Å²) in [7, 11) is 0. The van der Waals surface area contributed by atoms with Gasteiger partial charge in [0.2, 0.25) is 0 Å². The van der Waals surface area contributed by atoms with E-state index in [1.807, 2.05) is 0 Å². The Morgan fingerprint density at radius 3 is 1.00 bits per heavy atom. The van der Waals surface area contributed by atoms with Crippen LogP contribution in [-0.4, -0.2) is 56.1 Å². The van der Waals surface area contributed by atoms with Gasteiger partial charge >= 0.3 is 12.1 Å². The van der Waals surface area contributed by atoms with Gasteiger partial charge in [-0.15, -0.1) is 20.2 Å². The van der Waals surface area contributed by atoms with Gasteiger partial charge in [-0.05, 0) is 0 Å². The first-order chi connectivity index (χ1) is 9.09. The number of hydrogen-bond acceptors (Lipinski definition) is 8. The van der Waals surface area contributed by atoms with Crippen LogP contribution in [0.25, 0.3) is 0 Å². The molecule has 0 aromatic heterocycles. The highest BCUT2D eigenvalue weighted by molar-refractivity contribution is 4.96. The third-order valence-electron chi connectivity index (χ3n) is 1.82. The average molecular weight is 332 g/mol. The number of aliphatic hydroxyl groups excluding tert-OH is 2. The number of halogens is 4. The lowest BCUT2D eigenvalue weighted by Gasteiger charge is -2.38. The Morgan fingerprint density at radius 2 is 1.00 bits per heavy atom. The van der Waals surface area contributed by atoms with Gasteiger partial charge in [0, 0.05) is 0 Å². The van der Waals surface area contributed by atoms with E-state index in [4.69, 9.17) is 40.9 Å². The van der Waals surface area contributed by atoms with Crippen LogP contribution in [0.3, 0.4) is 0 Å². The predicted molar refractivity (Wildman–Crippen MR) is 52.4 cm³/mol. The van der Waals surface area contributed by atoms with Gasteiger partial charge in [0.1, 0.15) is 0 Å². The molecule has 128 valence electrons. The molecule has 0 saturated heterocycles. The van der Waals surface area contributed by atoms with Gasteiger partial charge in [0.15, 0.2) is 5.41 Å². The minimum atomic E-state index is -4.48. The van der Waals surface area contributed by atoms with Gasteiger partial charge in [0.05, 0.1) is 13.2 Å². The Kier molecular flexibility index (Phi) is 10.3. The molecule has 0 aromatic rings. The summed E-state index contributed by atoms with van der Waals surface area (Å²) < 4.78 is 49.7. The summed E-state index contributed by atoms with van der Waals surface area (Å²) in [6.07, 6.45) is 0. The molecular weight excluding hydrogens is 320 g/mol. The lowest BCUT2D eigenvalue weighted by atomic mass is 9.84. The lowest BCUT2D eigenvalue weighted by molar-refractivity contribution is -0.742. The molecule has 0 bridgehead atoms. The van der Waals surface area contributed by atoms with Gasteiger partial charge in [-0.2, -0.15) is 17.6 Å². The molecular formula is C5H12F4N4O8. The maximum atomic E-state index is 12.4. The maximum Gasteiger partial charge on any atom is 0.317 e. The molecule has 0 saturated carbocycles. The van der Waals surface area contributed by atoms with Crippen molar-refractivity contribution in [3.63, 3.8) is 0 Å².